The summed E-state index contributed by atoms with van der Waals surface area (Å²) in [5.41, 5.74) is 5.10. The monoisotopic (exact) mass is 333 g/mol. The maximum atomic E-state index is 5.29. The molecule has 0 aliphatic rings. The summed E-state index contributed by atoms with van der Waals surface area (Å²) >= 11 is 3.56. The van der Waals surface area contributed by atoms with Crippen molar-refractivity contribution in [3.63, 3.8) is 0 Å². The van der Waals surface area contributed by atoms with Gasteiger partial charge in [-0.3, -0.25) is 0 Å². The van der Waals surface area contributed by atoms with Crippen LogP contribution in [-0.4, -0.2) is 14.2 Å². The molecule has 1 unspecified atom stereocenters. The van der Waals surface area contributed by atoms with Gasteiger partial charge >= 0.3 is 0 Å². The van der Waals surface area contributed by atoms with Crippen molar-refractivity contribution in [3.05, 3.63) is 63.1 Å². The molecule has 0 aliphatic heterocycles. The molecule has 0 fully saturated rings. The Labute approximate surface area is 129 Å². The van der Waals surface area contributed by atoms with Crippen LogP contribution in [0.1, 0.15) is 28.3 Å². The van der Waals surface area contributed by atoms with E-state index in [4.69, 9.17) is 4.74 Å². The first-order valence-electron chi connectivity index (χ1n) is 6.64. The number of hydrogen-bond donors (Lipinski definition) is 1. The lowest BCUT2D eigenvalue weighted by Gasteiger charge is -2.21. The normalized spacial score (nSPS) is 12.2. The van der Waals surface area contributed by atoms with E-state index in [1.165, 1.54) is 22.3 Å². The van der Waals surface area contributed by atoms with Crippen LogP contribution in [0.5, 0.6) is 5.75 Å². The summed E-state index contributed by atoms with van der Waals surface area (Å²) < 4.78 is 6.27. The molecule has 0 amide bonds. The van der Waals surface area contributed by atoms with Gasteiger partial charge in [-0.2, -0.15) is 0 Å². The van der Waals surface area contributed by atoms with E-state index in [1.54, 1.807) is 7.11 Å². The number of rotatable bonds is 4. The predicted octanol–water partition coefficient (Wildman–Crippen LogP) is 4.38. The number of hydrogen-bond acceptors (Lipinski definition) is 2. The summed E-state index contributed by atoms with van der Waals surface area (Å²) in [6.45, 7) is 4.28. The second-order valence-electron chi connectivity index (χ2n) is 4.98. The summed E-state index contributed by atoms with van der Waals surface area (Å²) in [7, 11) is 3.67. The molecule has 0 saturated carbocycles. The topological polar surface area (TPSA) is 21.3 Å². The zero-order valence-electron chi connectivity index (χ0n) is 12.3. The van der Waals surface area contributed by atoms with Gasteiger partial charge in [0.25, 0.3) is 0 Å². The molecule has 0 aliphatic carbocycles. The van der Waals surface area contributed by atoms with Gasteiger partial charge in [-0.25, -0.2) is 0 Å². The molecule has 106 valence electrons. The van der Waals surface area contributed by atoms with E-state index in [0.717, 1.165) is 10.2 Å². The average Bonchev–Trinajstić information content (AvgIpc) is 2.44. The minimum absolute atomic E-state index is 0.178. The van der Waals surface area contributed by atoms with Crippen LogP contribution in [0.2, 0.25) is 0 Å². The summed E-state index contributed by atoms with van der Waals surface area (Å²) in [4.78, 5) is 0. The number of methoxy groups -OCH3 is 1. The molecule has 0 saturated heterocycles. The second kappa shape index (κ2) is 6.42. The highest BCUT2D eigenvalue weighted by atomic mass is 79.9. The van der Waals surface area contributed by atoms with E-state index in [-0.39, 0.29) is 6.04 Å². The predicted molar refractivity (Wildman–Crippen MR) is 87.5 cm³/mol. The van der Waals surface area contributed by atoms with Crippen LogP contribution >= 0.6 is 15.9 Å². The first-order valence-corrected chi connectivity index (χ1v) is 7.44. The molecule has 1 N–H and O–H groups in total. The third kappa shape index (κ3) is 3.05. The number of aryl methyl sites for hydroxylation is 2. The van der Waals surface area contributed by atoms with Crippen LogP contribution in [0.4, 0.5) is 0 Å². The molecule has 2 aromatic rings. The maximum absolute atomic E-state index is 5.29. The molecule has 1 atom stereocenters. The average molecular weight is 334 g/mol. The smallest absolute Gasteiger partial charge is 0.133 e. The van der Waals surface area contributed by atoms with Crippen LogP contribution < -0.4 is 10.1 Å². The number of benzene rings is 2. The van der Waals surface area contributed by atoms with Gasteiger partial charge in [-0.15, -0.1) is 0 Å². The van der Waals surface area contributed by atoms with Crippen molar-refractivity contribution < 1.29 is 4.74 Å². The van der Waals surface area contributed by atoms with Crippen LogP contribution in [0, 0.1) is 13.8 Å². The Morgan fingerprint density at radius 1 is 1.10 bits per heavy atom. The molecular formula is C17H20BrNO. The van der Waals surface area contributed by atoms with E-state index in [1.807, 2.05) is 13.1 Å². The summed E-state index contributed by atoms with van der Waals surface area (Å²) in [6.07, 6.45) is 0. The van der Waals surface area contributed by atoms with Gasteiger partial charge in [-0.05, 0) is 65.6 Å². The molecule has 2 nitrogen and oxygen atoms in total. The molecule has 0 spiro atoms. The van der Waals surface area contributed by atoms with Gasteiger partial charge in [-0.1, -0.05) is 29.8 Å². The lowest BCUT2D eigenvalue weighted by atomic mass is 9.93. The highest BCUT2D eigenvalue weighted by molar-refractivity contribution is 9.10. The van der Waals surface area contributed by atoms with Crippen LogP contribution in [0.15, 0.2) is 40.9 Å². The lowest BCUT2D eigenvalue weighted by molar-refractivity contribution is 0.412. The molecule has 0 bridgehead atoms. The Hall–Kier alpha value is -1.32. The van der Waals surface area contributed by atoms with E-state index < -0.39 is 0 Å². The number of halogens is 1. The van der Waals surface area contributed by atoms with E-state index in [9.17, 15) is 0 Å². The number of nitrogens with one attached hydrogen (secondary N) is 1. The largest absolute Gasteiger partial charge is 0.496 e. The van der Waals surface area contributed by atoms with Crippen LogP contribution in [0.3, 0.4) is 0 Å². The molecule has 0 radical (unpaired) electrons. The Morgan fingerprint density at radius 2 is 1.85 bits per heavy atom. The van der Waals surface area contributed by atoms with Crippen molar-refractivity contribution in [2.24, 2.45) is 0 Å². The molecule has 0 heterocycles. The summed E-state index contributed by atoms with van der Waals surface area (Å²) in [6, 6.07) is 13.0. The summed E-state index contributed by atoms with van der Waals surface area (Å²) in [5.74, 6) is 0.851. The number of ether oxygens (including phenoxy) is 1. The van der Waals surface area contributed by atoms with Gasteiger partial charge in [0.2, 0.25) is 0 Å². The molecule has 3 heteroatoms. The van der Waals surface area contributed by atoms with Crippen molar-refractivity contribution in [1.29, 1.82) is 0 Å². The van der Waals surface area contributed by atoms with Gasteiger partial charge < -0.3 is 10.1 Å². The van der Waals surface area contributed by atoms with E-state index in [2.05, 4.69) is 65.4 Å². The van der Waals surface area contributed by atoms with Crippen LogP contribution in [0.25, 0.3) is 0 Å². The zero-order chi connectivity index (χ0) is 14.7. The Kier molecular flexibility index (Phi) is 4.84. The van der Waals surface area contributed by atoms with E-state index in [0.29, 0.717) is 0 Å². The Morgan fingerprint density at radius 3 is 2.45 bits per heavy atom. The van der Waals surface area contributed by atoms with Crippen molar-refractivity contribution in [2.45, 2.75) is 19.9 Å². The minimum atomic E-state index is 0.178. The van der Waals surface area contributed by atoms with Crippen molar-refractivity contribution in [3.8, 4) is 5.75 Å². The Balaban J connectivity index is 2.46. The second-order valence-corrected chi connectivity index (χ2v) is 5.83. The molecule has 2 aromatic carbocycles. The zero-order valence-corrected chi connectivity index (χ0v) is 13.9. The summed E-state index contributed by atoms with van der Waals surface area (Å²) in [5, 5.41) is 3.41. The fraction of sp³-hybridized carbons (Fsp3) is 0.294. The standard InChI is InChI=1S/C17H20BrNO/c1-11-5-6-12(2)14(9-11)17(19-3)13-7-8-16(20-4)15(18)10-13/h5-10,17,19H,1-4H3. The first kappa shape index (κ1) is 15.1. The van der Waals surface area contributed by atoms with Gasteiger partial charge in [0.05, 0.1) is 17.6 Å². The quantitative estimate of drug-likeness (QED) is 0.896. The SMILES string of the molecule is CNC(c1ccc(OC)c(Br)c1)c1cc(C)ccc1C. The lowest BCUT2D eigenvalue weighted by Crippen LogP contribution is -2.18. The van der Waals surface area contributed by atoms with Crippen molar-refractivity contribution in [2.75, 3.05) is 14.2 Å². The van der Waals surface area contributed by atoms with Crippen LogP contribution in [-0.2, 0) is 0 Å². The van der Waals surface area contributed by atoms with Crippen molar-refractivity contribution >= 4 is 15.9 Å². The van der Waals surface area contributed by atoms with Gasteiger partial charge in [0.15, 0.2) is 0 Å². The van der Waals surface area contributed by atoms with E-state index >= 15 is 0 Å². The molecule has 20 heavy (non-hydrogen) atoms. The first-order chi connectivity index (χ1) is 9.56. The Bertz CT molecular complexity index is 610. The van der Waals surface area contributed by atoms with Gasteiger partial charge in [0.1, 0.15) is 5.75 Å². The third-order valence-electron chi connectivity index (χ3n) is 3.54. The highest BCUT2D eigenvalue weighted by Gasteiger charge is 2.15. The molecule has 2 rings (SSSR count). The molecule has 0 aromatic heterocycles. The van der Waals surface area contributed by atoms with Crippen molar-refractivity contribution in [1.82, 2.24) is 5.32 Å². The highest BCUT2D eigenvalue weighted by Crippen LogP contribution is 2.31. The maximum Gasteiger partial charge on any atom is 0.133 e. The fourth-order valence-electron chi connectivity index (χ4n) is 2.43. The third-order valence-corrected chi connectivity index (χ3v) is 4.16. The minimum Gasteiger partial charge on any atom is -0.496 e. The fourth-order valence-corrected chi connectivity index (χ4v) is 2.99. The van der Waals surface area contributed by atoms with Gasteiger partial charge in [0, 0.05) is 0 Å². The molecular weight excluding hydrogens is 314 g/mol.